The lowest BCUT2D eigenvalue weighted by atomic mass is 9.80. The third-order valence-electron chi connectivity index (χ3n) is 3.73. The Bertz CT molecular complexity index is 493. The van der Waals surface area contributed by atoms with E-state index in [0.29, 0.717) is 6.42 Å². The number of allylic oxidation sites excluding steroid dienone is 2. The SMILES string of the molecule is CCOC(=O)C(C(=O)OCC)[C@H](C)[C@@H](CC=C(C)C)C(=O)OC(C)(C)C. The predicted molar refractivity (Wildman–Crippen MR) is 99.3 cm³/mol. The van der Waals surface area contributed by atoms with Crippen molar-refractivity contribution in [1.29, 1.82) is 0 Å². The Hall–Kier alpha value is -1.85. The molecule has 0 amide bonds. The zero-order chi connectivity index (χ0) is 20.5. The summed E-state index contributed by atoms with van der Waals surface area (Å²) in [5.74, 6) is -4.26. The normalized spacial score (nSPS) is 13.6. The van der Waals surface area contributed by atoms with Crippen molar-refractivity contribution in [2.45, 2.75) is 67.4 Å². The average molecular weight is 370 g/mol. The van der Waals surface area contributed by atoms with Gasteiger partial charge >= 0.3 is 17.9 Å². The van der Waals surface area contributed by atoms with Crippen molar-refractivity contribution in [1.82, 2.24) is 0 Å². The summed E-state index contributed by atoms with van der Waals surface area (Å²) < 4.78 is 15.6. The number of carbonyl (C=O) groups excluding carboxylic acids is 3. The van der Waals surface area contributed by atoms with E-state index in [1.807, 2.05) is 19.9 Å². The van der Waals surface area contributed by atoms with Gasteiger partial charge in [0, 0.05) is 0 Å². The number of ether oxygens (including phenoxy) is 3. The first kappa shape index (κ1) is 24.1. The maximum absolute atomic E-state index is 12.7. The maximum atomic E-state index is 12.7. The van der Waals surface area contributed by atoms with Crippen molar-refractivity contribution in [2.24, 2.45) is 17.8 Å². The molecule has 0 heterocycles. The highest BCUT2D eigenvalue weighted by atomic mass is 16.6. The standard InChI is InChI=1S/C20H34O6/c1-9-24-18(22)16(19(23)25-10-2)14(5)15(12-11-13(3)4)17(21)26-20(6,7)8/h11,14-16H,9-10,12H2,1-8H3/t14-,15-/m1/s1. The van der Waals surface area contributed by atoms with Crippen molar-refractivity contribution in [3.8, 4) is 0 Å². The first-order valence-corrected chi connectivity index (χ1v) is 9.14. The van der Waals surface area contributed by atoms with Gasteiger partial charge in [-0.2, -0.15) is 0 Å². The summed E-state index contributed by atoms with van der Waals surface area (Å²) in [7, 11) is 0. The highest BCUT2D eigenvalue weighted by Gasteiger charge is 2.42. The van der Waals surface area contributed by atoms with Crippen LogP contribution in [0.2, 0.25) is 0 Å². The Kier molecular flexibility index (Phi) is 10.2. The molecule has 6 heteroatoms. The molecule has 0 aromatic heterocycles. The van der Waals surface area contributed by atoms with Gasteiger partial charge in [0.15, 0.2) is 5.92 Å². The maximum Gasteiger partial charge on any atom is 0.320 e. The van der Waals surface area contributed by atoms with Crippen molar-refractivity contribution in [3.05, 3.63) is 11.6 Å². The van der Waals surface area contributed by atoms with E-state index in [1.54, 1.807) is 41.5 Å². The molecular formula is C20H34O6. The molecule has 0 radical (unpaired) electrons. The molecule has 0 spiro atoms. The van der Waals surface area contributed by atoms with E-state index in [4.69, 9.17) is 14.2 Å². The molecule has 0 aromatic rings. The van der Waals surface area contributed by atoms with Crippen molar-refractivity contribution < 1.29 is 28.6 Å². The quantitative estimate of drug-likeness (QED) is 0.267. The van der Waals surface area contributed by atoms with Gasteiger partial charge in [-0.25, -0.2) is 0 Å². The molecule has 2 atom stereocenters. The molecule has 0 aliphatic carbocycles. The molecule has 0 rings (SSSR count). The van der Waals surface area contributed by atoms with E-state index in [-0.39, 0.29) is 13.2 Å². The average Bonchev–Trinajstić information content (AvgIpc) is 2.45. The highest BCUT2D eigenvalue weighted by molar-refractivity contribution is 5.96. The molecule has 0 saturated carbocycles. The van der Waals surface area contributed by atoms with E-state index in [2.05, 4.69) is 0 Å². The van der Waals surface area contributed by atoms with Crippen LogP contribution in [0.3, 0.4) is 0 Å². The molecule has 0 bridgehead atoms. The summed E-state index contributed by atoms with van der Waals surface area (Å²) in [5.41, 5.74) is 0.373. The molecule has 26 heavy (non-hydrogen) atoms. The lowest BCUT2D eigenvalue weighted by molar-refractivity contribution is -0.169. The van der Waals surface area contributed by atoms with Gasteiger partial charge in [0.1, 0.15) is 5.60 Å². The van der Waals surface area contributed by atoms with E-state index in [1.165, 1.54) is 0 Å². The van der Waals surface area contributed by atoms with E-state index in [9.17, 15) is 14.4 Å². The Labute approximate surface area is 157 Å². The molecule has 0 aliphatic rings. The summed E-state index contributed by atoms with van der Waals surface area (Å²) in [6.07, 6.45) is 2.27. The fourth-order valence-corrected chi connectivity index (χ4v) is 2.49. The fourth-order valence-electron chi connectivity index (χ4n) is 2.49. The van der Waals surface area contributed by atoms with Gasteiger partial charge in [0.05, 0.1) is 19.1 Å². The number of rotatable bonds is 9. The van der Waals surface area contributed by atoms with Gasteiger partial charge in [0.25, 0.3) is 0 Å². The Morgan fingerprint density at radius 2 is 1.38 bits per heavy atom. The highest BCUT2D eigenvalue weighted by Crippen LogP contribution is 2.29. The Morgan fingerprint density at radius 1 is 0.923 bits per heavy atom. The van der Waals surface area contributed by atoms with Crippen molar-refractivity contribution in [2.75, 3.05) is 13.2 Å². The van der Waals surface area contributed by atoms with Crippen LogP contribution in [-0.4, -0.2) is 36.7 Å². The van der Waals surface area contributed by atoms with Crippen LogP contribution in [0.4, 0.5) is 0 Å². The van der Waals surface area contributed by atoms with Crippen LogP contribution >= 0.6 is 0 Å². The van der Waals surface area contributed by atoms with Crippen molar-refractivity contribution >= 4 is 17.9 Å². The number of hydrogen-bond acceptors (Lipinski definition) is 6. The van der Waals surface area contributed by atoms with Gasteiger partial charge in [0.2, 0.25) is 0 Å². The molecule has 0 fully saturated rings. The lowest BCUT2D eigenvalue weighted by Gasteiger charge is -2.29. The van der Waals surface area contributed by atoms with Gasteiger partial charge in [-0.1, -0.05) is 18.6 Å². The first-order valence-electron chi connectivity index (χ1n) is 9.14. The molecule has 0 saturated heterocycles. The molecule has 0 aromatic carbocycles. The van der Waals surface area contributed by atoms with E-state index in [0.717, 1.165) is 5.57 Å². The third kappa shape index (κ3) is 8.50. The van der Waals surface area contributed by atoms with Gasteiger partial charge in [-0.15, -0.1) is 0 Å². The molecular weight excluding hydrogens is 336 g/mol. The Morgan fingerprint density at radius 3 is 1.73 bits per heavy atom. The van der Waals surface area contributed by atoms with E-state index < -0.39 is 41.3 Å². The summed E-state index contributed by atoms with van der Waals surface area (Å²) in [4.78, 5) is 37.4. The van der Waals surface area contributed by atoms with Crippen LogP contribution in [0, 0.1) is 17.8 Å². The van der Waals surface area contributed by atoms with Crippen LogP contribution in [0.5, 0.6) is 0 Å². The summed E-state index contributed by atoms with van der Waals surface area (Å²) in [6.45, 7) is 14.5. The second-order valence-corrected chi connectivity index (χ2v) is 7.50. The van der Waals surface area contributed by atoms with Gasteiger partial charge in [-0.05, 0) is 60.8 Å². The smallest absolute Gasteiger partial charge is 0.320 e. The summed E-state index contributed by atoms with van der Waals surface area (Å²) in [6, 6.07) is 0. The fraction of sp³-hybridized carbons (Fsp3) is 0.750. The lowest BCUT2D eigenvalue weighted by Crippen LogP contribution is -2.40. The second-order valence-electron chi connectivity index (χ2n) is 7.50. The molecule has 150 valence electrons. The largest absolute Gasteiger partial charge is 0.465 e. The minimum absolute atomic E-state index is 0.145. The number of esters is 3. The molecule has 0 N–H and O–H groups in total. The van der Waals surface area contributed by atoms with Crippen LogP contribution in [0.25, 0.3) is 0 Å². The molecule has 0 aliphatic heterocycles. The minimum atomic E-state index is -1.17. The summed E-state index contributed by atoms with van der Waals surface area (Å²) in [5, 5.41) is 0. The second kappa shape index (κ2) is 11.0. The third-order valence-corrected chi connectivity index (χ3v) is 3.73. The predicted octanol–water partition coefficient (Wildman–Crippen LogP) is 3.68. The first-order chi connectivity index (χ1) is 11.9. The minimum Gasteiger partial charge on any atom is -0.465 e. The molecule has 0 unspecified atom stereocenters. The monoisotopic (exact) mass is 370 g/mol. The van der Waals surface area contributed by atoms with Crippen LogP contribution in [-0.2, 0) is 28.6 Å². The van der Waals surface area contributed by atoms with Gasteiger partial charge in [-0.3, -0.25) is 14.4 Å². The van der Waals surface area contributed by atoms with Crippen LogP contribution < -0.4 is 0 Å². The zero-order valence-electron chi connectivity index (χ0n) is 17.4. The van der Waals surface area contributed by atoms with Crippen LogP contribution in [0.15, 0.2) is 11.6 Å². The van der Waals surface area contributed by atoms with Crippen LogP contribution in [0.1, 0.15) is 61.8 Å². The molecule has 6 nitrogen and oxygen atoms in total. The Balaban J connectivity index is 5.74. The number of carbonyl (C=O) groups is 3. The van der Waals surface area contributed by atoms with Crippen molar-refractivity contribution in [3.63, 3.8) is 0 Å². The van der Waals surface area contributed by atoms with E-state index >= 15 is 0 Å². The topological polar surface area (TPSA) is 78.9 Å². The summed E-state index contributed by atoms with van der Waals surface area (Å²) >= 11 is 0. The number of hydrogen-bond donors (Lipinski definition) is 0. The zero-order valence-corrected chi connectivity index (χ0v) is 17.4. The van der Waals surface area contributed by atoms with Gasteiger partial charge < -0.3 is 14.2 Å².